The quantitative estimate of drug-likeness (QED) is 0.800. The lowest BCUT2D eigenvalue weighted by atomic mass is 10.2. The van der Waals surface area contributed by atoms with Crippen molar-refractivity contribution in [3.8, 4) is 0 Å². The van der Waals surface area contributed by atoms with E-state index in [2.05, 4.69) is 49.0 Å². The third-order valence-corrected chi connectivity index (χ3v) is 9.83. The highest BCUT2D eigenvalue weighted by Gasteiger charge is 2.45. The van der Waals surface area contributed by atoms with E-state index in [4.69, 9.17) is 9.16 Å². The van der Waals surface area contributed by atoms with Crippen molar-refractivity contribution in [2.75, 3.05) is 6.61 Å². The lowest BCUT2D eigenvalue weighted by molar-refractivity contribution is -0.0409. The number of hydrogen-bond donors (Lipinski definition) is 2. The van der Waals surface area contributed by atoms with E-state index in [1.54, 1.807) is 17.1 Å². The number of nitrogens with one attached hydrogen (secondary N) is 1. The van der Waals surface area contributed by atoms with Crippen molar-refractivity contribution >= 4 is 19.4 Å². The van der Waals surface area contributed by atoms with Gasteiger partial charge in [0.05, 0.1) is 30.8 Å². The van der Waals surface area contributed by atoms with Crippen molar-refractivity contribution in [1.29, 1.82) is 0 Å². The van der Waals surface area contributed by atoms with Crippen LogP contribution < -0.4 is 5.56 Å². The van der Waals surface area contributed by atoms with Crippen LogP contribution in [0.5, 0.6) is 0 Å². The molecule has 3 rings (SSSR count). The first-order chi connectivity index (χ1) is 11.6. The van der Waals surface area contributed by atoms with Crippen molar-refractivity contribution in [2.45, 2.75) is 63.8 Å². The molecule has 0 radical (unpaired) electrons. The van der Waals surface area contributed by atoms with Crippen LogP contribution in [-0.4, -0.2) is 52.0 Å². The van der Waals surface area contributed by atoms with Gasteiger partial charge in [0.1, 0.15) is 12.3 Å². The SMILES string of the molecule is CC(C)(C)[Si](C)(C)OC1C[C@H](n2cnc3c(=O)[nH]ncc32)OC1CO. The number of hydrogen-bond acceptors (Lipinski definition) is 6. The lowest BCUT2D eigenvalue weighted by Crippen LogP contribution is -2.46. The summed E-state index contributed by atoms with van der Waals surface area (Å²) in [5.41, 5.74) is 0.605. The Bertz CT molecular complexity index is 810. The van der Waals surface area contributed by atoms with E-state index in [-0.39, 0.29) is 29.5 Å². The van der Waals surface area contributed by atoms with E-state index in [9.17, 15) is 9.90 Å². The fourth-order valence-electron chi connectivity index (χ4n) is 2.82. The first-order valence-corrected chi connectivity index (χ1v) is 11.4. The number of nitrogens with zero attached hydrogens (tertiary/aromatic N) is 3. The summed E-state index contributed by atoms with van der Waals surface area (Å²) in [4.78, 5) is 16.0. The fraction of sp³-hybridized carbons (Fsp3) is 0.688. The summed E-state index contributed by atoms with van der Waals surface area (Å²) in [6.45, 7) is 10.8. The summed E-state index contributed by atoms with van der Waals surface area (Å²) in [6.07, 6.45) is 2.80. The Balaban J connectivity index is 1.86. The number of aliphatic hydroxyl groups excluding tert-OH is 1. The topological polar surface area (TPSA) is 102 Å². The molecule has 25 heavy (non-hydrogen) atoms. The van der Waals surface area contributed by atoms with Gasteiger partial charge in [-0.05, 0) is 18.1 Å². The zero-order chi connectivity index (χ0) is 18.4. The van der Waals surface area contributed by atoms with Gasteiger partial charge in [0, 0.05) is 6.42 Å². The van der Waals surface area contributed by atoms with E-state index < -0.39 is 14.4 Å². The minimum atomic E-state index is -1.99. The second-order valence-corrected chi connectivity index (χ2v) is 12.8. The minimum absolute atomic E-state index is 0.0734. The Morgan fingerprint density at radius 2 is 2.20 bits per heavy atom. The number of aromatic nitrogens is 4. The third-order valence-electron chi connectivity index (χ3n) is 5.32. The van der Waals surface area contributed by atoms with E-state index in [1.807, 2.05) is 0 Å². The van der Waals surface area contributed by atoms with Crippen LogP contribution in [0.15, 0.2) is 17.3 Å². The molecular weight excluding hydrogens is 340 g/mol. The molecule has 1 fully saturated rings. The molecule has 0 bridgehead atoms. The minimum Gasteiger partial charge on any atom is -0.411 e. The maximum absolute atomic E-state index is 11.8. The maximum Gasteiger partial charge on any atom is 0.292 e. The number of rotatable bonds is 4. The summed E-state index contributed by atoms with van der Waals surface area (Å²) in [6, 6.07) is 0. The molecule has 1 aliphatic heterocycles. The second-order valence-electron chi connectivity index (χ2n) is 8.05. The Morgan fingerprint density at radius 1 is 1.48 bits per heavy atom. The number of imidazole rings is 1. The van der Waals surface area contributed by atoms with E-state index in [0.717, 1.165) is 0 Å². The predicted octanol–water partition coefficient (Wildman–Crippen LogP) is 1.79. The smallest absolute Gasteiger partial charge is 0.292 e. The third kappa shape index (κ3) is 3.29. The van der Waals surface area contributed by atoms with Crippen molar-refractivity contribution in [1.82, 2.24) is 19.7 Å². The Hall–Kier alpha value is -1.55. The highest BCUT2D eigenvalue weighted by molar-refractivity contribution is 6.74. The van der Waals surface area contributed by atoms with Crippen LogP contribution in [-0.2, 0) is 9.16 Å². The number of fused-ring (bicyclic) bond motifs is 1. The Kier molecular flexibility index (Phi) is 4.61. The first kappa shape index (κ1) is 18.2. The molecule has 9 heteroatoms. The molecule has 2 unspecified atom stereocenters. The zero-order valence-corrected chi connectivity index (χ0v) is 16.3. The van der Waals surface area contributed by atoms with E-state index >= 15 is 0 Å². The Morgan fingerprint density at radius 3 is 2.84 bits per heavy atom. The fourth-order valence-corrected chi connectivity index (χ4v) is 4.18. The van der Waals surface area contributed by atoms with Crippen LogP contribution in [0.4, 0.5) is 0 Å². The molecule has 2 aromatic rings. The van der Waals surface area contributed by atoms with Gasteiger partial charge in [0.2, 0.25) is 0 Å². The van der Waals surface area contributed by atoms with E-state index in [0.29, 0.717) is 17.5 Å². The van der Waals surface area contributed by atoms with Crippen LogP contribution in [0.1, 0.15) is 33.4 Å². The number of ether oxygens (including phenoxy) is 1. The number of H-pyrrole nitrogens is 1. The predicted molar refractivity (Wildman–Crippen MR) is 95.8 cm³/mol. The van der Waals surface area contributed by atoms with Crippen molar-refractivity contribution in [3.63, 3.8) is 0 Å². The van der Waals surface area contributed by atoms with Crippen molar-refractivity contribution in [3.05, 3.63) is 22.9 Å². The van der Waals surface area contributed by atoms with Gasteiger partial charge in [-0.3, -0.25) is 4.79 Å². The molecule has 0 spiro atoms. The van der Waals surface area contributed by atoms with Gasteiger partial charge < -0.3 is 18.8 Å². The molecule has 0 aliphatic carbocycles. The molecule has 138 valence electrons. The van der Waals surface area contributed by atoms with Gasteiger partial charge in [-0.15, -0.1) is 0 Å². The summed E-state index contributed by atoms with van der Waals surface area (Å²) >= 11 is 0. The largest absolute Gasteiger partial charge is 0.411 e. The van der Waals surface area contributed by atoms with Crippen LogP contribution in [0.2, 0.25) is 18.1 Å². The van der Waals surface area contributed by atoms with Gasteiger partial charge in [-0.2, -0.15) is 5.10 Å². The molecule has 8 nitrogen and oxygen atoms in total. The first-order valence-electron chi connectivity index (χ1n) is 8.48. The number of aliphatic hydroxyl groups is 1. The highest BCUT2D eigenvalue weighted by Crippen LogP contribution is 2.41. The van der Waals surface area contributed by atoms with Crippen LogP contribution in [0.25, 0.3) is 11.0 Å². The van der Waals surface area contributed by atoms with Gasteiger partial charge in [0.15, 0.2) is 13.8 Å². The number of aromatic amines is 1. The van der Waals surface area contributed by atoms with Crippen molar-refractivity contribution in [2.24, 2.45) is 0 Å². The summed E-state index contributed by atoms with van der Waals surface area (Å²) in [5, 5.41) is 16.0. The summed E-state index contributed by atoms with van der Waals surface area (Å²) in [5.74, 6) is 0. The molecule has 2 N–H and O–H groups in total. The van der Waals surface area contributed by atoms with Crippen LogP contribution >= 0.6 is 0 Å². The molecule has 1 aliphatic rings. The summed E-state index contributed by atoms with van der Waals surface area (Å²) in [7, 11) is -1.99. The van der Waals surface area contributed by atoms with Gasteiger partial charge in [0.25, 0.3) is 5.56 Å². The van der Waals surface area contributed by atoms with Gasteiger partial charge in [-0.1, -0.05) is 20.8 Å². The van der Waals surface area contributed by atoms with Crippen molar-refractivity contribution < 1.29 is 14.3 Å². The second kappa shape index (κ2) is 6.31. The molecule has 1 saturated heterocycles. The highest BCUT2D eigenvalue weighted by atomic mass is 28.4. The maximum atomic E-state index is 11.8. The Labute approximate surface area is 147 Å². The average molecular weight is 366 g/mol. The molecule has 0 aromatic carbocycles. The van der Waals surface area contributed by atoms with Gasteiger partial charge in [-0.25, -0.2) is 10.1 Å². The summed E-state index contributed by atoms with van der Waals surface area (Å²) < 4.78 is 14.3. The van der Waals surface area contributed by atoms with Crippen LogP contribution in [0.3, 0.4) is 0 Å². The lowest BCUT2D eigenvalue weighted by Gasteiger charge is -2.39. The molecular formula is C16H26N4O4Si. The van der Waals surface area contributed by atoms with Crippen LogP contribution in [0, 0.1) is 0 Å². The standard InChI is InChI=1S/C16H26N4O4Si/c1-16(2,3)25(4,5)24-11-6-13(23-12(11)8-21)20-9-17-14-10(20)7-18-19-15(14)22/h7,9,11-13,21H,6,8H2,1-5H3,(H,19,22)/t11?,12?,13-/m1/s1. The molecule has 0 amide bonds. The monoisotopic (exact) mass is 366 g/mol. The molecule has 2 aromatic heterocycles. The zero-order valence-electron chi connectivity index (χ0n) is 15.3. The molecule has 3 atom stereocenters. The normalized spacial score (nSPS) is 25.0. The average Bonchev–Trinajstić information content (AvgIpc) is 3.10. The molecule has 0 saturated carbocycles. The van der Waals surface area contributed by atoms with E-state index in [1.165, 1.54) is 0 Å². The van der Waals surface area contributed by atoms with Gasteiger partial charge >= 0.3 is 0 Å². The molecule has 3 heterocycles.